The Morgan fingerprint density at radius 3 is 1.83 bits per heavy atom. The van der Waals surface area contributed by atoms with Crippen LogP contribution in [0.5, 0.6) is 0 Å². The van der Waals surface area contributed by atoms with Gasteiger partial charge in [0.05, 0.1) is 0 Å². The molecule has 206 valence electrons. The summed E-state index contributed by atoms with van der Waals surface area (Å²) in [6.45, 7) is 11.6. The molecule has 1 heteroatoms. The van der Waals surface area contributed by atoms with Crippen LogP contribution >= 0.6 is 0 Å². The second kappa shape index (κ2) is 9.74. The number of hydrogen-bond acceptors (Lipinski definition) is 1. The molecule has 0 saturated heterocycles. The van der Waals surface area contributed by atoms with Crippen molar-refractivity contribution < 1.29 is 0 Å². The van der Waals surface area contributed by atoms with E-state index in [1.54, 1.807) is 0 Å². The molecule has 0 saturated carbocycles. The molecule has 0 atom stereocenters. The van der Waals surface area contributed by atoms with E-state index in [-0.39, 0.29) is 10.8 Å². The Kier molecular flexibility index (Phi) is 6.10. The Bertz CT molecular complexity index is 1970. The fraction of sp³-hybridized carbons (Fsp3) is 0.171. The molecule has 0 bridgehead atoms. The number of anilines is 2. The smallest absolute Gasteiger partial charge is 0.0422 e. The van der Waals surface area contributed by atoms with Crippen LogP contribution in [0.25, 0.3) is 44.2 Å². The Morgan fingerprint density at radius 1 is 0.500 bits per heavy atom. The van der Waals surface area contributed by atoms with Gasteiger partial charge in [-0.25, -0.2) is 0 Å². The van der Waals surface area contributed by atoms with E-state index < -0.39 is 0 Å². The predicted molar refractivity (Wildman–Crippen MR) is 181 cm³/mol. The summed E-state index contributed by atoms with van der Waals surface area (Å²) in [7, 11) is 0. The highest BCUT2D eigenvalue weighted by atomic mass is 14.9. The summed E-state index contributed by atoms with van der Waals surface area (Å²) >= 11 is 0. The van der Waals surface area contributed by atoms with Gasteiger partial charge in [-0.15, -0.1) is 0 Å². The van der Waals surface area contributed by atoms with Gasteiger partial charge in [-0.1, -0.05) is 132 Å². The molecule has 42 heavy (non-hydrogen) atoms. The topological polar surface area (TPSA) is 12.0 Å². The highest BCUT2D eigenvalue weighted by molar-refractivity contribution is 5.92. The number of hydrogen-bond donors (Lipinski definition) is 1. The van der Waals surface area contributed by atoms with Crippen LogP contribution in [0, 0.1) is 0 Å². The van der Waals surface area contributed by atoms with E-state index in [4.69, 9.17) is 0 Å². The molecule has 6 aromatic rings. The lowest BCUT2D eigenvalue weighted by Crippen LogP contribution is -2.16. The molecule has 1 nitrogen and oxygen atoms in total. The predicted octanol–water partition coefficient (Wildman–Crippen LogP) is 11.5. The molecule has 1 aliphatic rings. The molecule has 1 N–H and O–H groups in total. The minimum absolute atomic E-state index is 0.0210. The summed E-state index contributed by atoms with van der Waals surface area (Å²) in [6, 6.07) is 46.7. The monoisotopic (exact) mass is 543 g/mol. The second-order valence-corrected chi connectivity index (χ2v) is 13.2. The van der Waals surface area contributed by atoms with Crippen LogP contribution < -0.4 is 5.32 Å². The number of benzene rings is 6. The molecule has 7 rings (SSSR count). The van der Waals surface area contributed by atoms with Crippen molar-refractivity contribution in [2.24, 2.45) is 0 Å². The van der Waals surface area contributed by atoms with E-state index in [1.807, 2.05) is 0 Å². The molecule has 0 aromatic heterocycles. The van der Waals surface area contributed by atoms with Crippen LogP contribution in [-0.4, -0.2) is 0 Å². The SMILES string of the molecule is CC(C)(C)c1cc(-c2ccccc2-c2ccc3ccccc3c2)ccc1Nc1ccc2c(c1)C(C)(C)c1ccccc1-2. The van der Waals surface area contributed by atoms with Gasteiger partial charge in [0.25, 0.3) is 0 Å². The fourth-order valence-corrected chi connectivity index (χ4v) is 6.72. The quantitative estimate of drug-likeness (QED) is 0.233. The average molecular weight is 544 g/mol. The summed E-state index contributed by atoms with van der Waals surface area (Å²) in [4.78, 5) is 0. The second-order valence-electron chi connectivity index (χ2n) is 13.2. The van der Waals surface area contributed by atoms with Crippen LogP contribution in [0.4, 0.5) is 11.4 Å². The third-order valence-corrected chi connectivity index (χ3v) is 8.99. The molecule has 0 aliphatic heterocycles. The van der Waals surface area contributed by atoms with Crippen LogP contribution in [0.15, 0.2) is 127 Å². The molecular weight excluding hydrogens is 506 g/mol. The Balaban J connectivity index is 1.28. The van der Waals surface area contributed by atoms with Gasteiger partial charge in [-0.3, -0.25) is 0 Å². The van der Waals surface area contributed by atoms with Gasteiger partial charge in [-0.05, 0) is 96.6 Å². The minimum Gasteiger partial charge on any atom is -0.355 e. The molecule has 0 fully saturated rings. The zero-order valence-corrected chi connectivity index (χ0v) is 25.1. The lowest BCUT2D eigenvalue weighted by atomic mass is 9.82. The summed E-state index contributed by atoms with van der Waals surface area (Å²) in [5.74, 6) is 0. The zero-order valence-electron chi connectivity index (χ0n) is 25.1. The minimum atomic E-state index is -0.0392. The fourth-order valence-electron chi connectivity index (χ4n) is 6.72. The highest BCUT2D eigenvalue weighted by Gasteiger charge is 2.35. The standard InChI is InChI=1S/C41H37N/c1-40(2,3)38-25-30(33-15-9-8-14-32(33)29-19-18-27-12-6-7-13-28(27)24-29)20-23-39(38)42-31-21-22-35-34-16-10-11-17-36(34)41(4,5)37(35)26-31/h6-26,42H,1-5H3. The Hall–Kier alpha value is -4.62. The van der Waals surface area contributed by atoms with E-state index in [2.05, 4.69) is 167 Å². The first-order chi connectivity index (χ1) is 20.2. The first-order valence-electron chi connectivity index (χ1n) is 14.9. The van der Waals surface area contributed by atoms with Gasteiger partial charge in [-0.2, -0.15) is 0 Å². The van der Waals surface area contributed by atoms with Crippen molar-refractivity contribution in [3.8, 4) is 33.4 Å². The van der Waals surface area contributed by atoms with E-state index in [0.29, 0.717) is 0 Å². The maximum atomic E-state index is 3.82. The number of nitrogens with one attached hydrogen (secondary N) is 1. The van der Waals surface area contributed by atoms with Gasteiger partial charge < -0.3 is 5.32 Å². The molecule has 0 heterocycles. The zero-order chi connectivity index (χ0) is 29.1. The van der Waals surface area contributed by atoms with Gasteiger partial charge >= 0.3 is 0 Å². The van der Waals surface area contributed by atoms with Gasteiger partial charge in [0.15, 0.2) is 0 Å². The maximum Gasteiger partial charge on any atom is 0.0422 e. The molecule has 0 spiro atoms. The molecule has 1 aliphatic carbocycles. The number of fused-ring (bicyclic) bond motifs is 4. The van der Waals surface area contributed by atoms with Gasteiger partial charge in [0.2, 0.25) is 0 Å². The van der Waals surface area contributed by atoms with Crippen LogP contribution in [0.1, 0.15) is 51.3 Å². The molecule has 0 amide bonds. The first-order valence-corrected chi connectivity index (χ1v) is 14.9. The van der Waals surface area contributed by atoms with Gasteiger partial charge in [0.1, 0.15) is 0 Å². The van der Waals surface area contributed by atoms with Crippen molar-refractivity contribution in [2.45, 2.75) is 45.4 Å². The van der Waals surface area contributed by atoms with E-state index in [9.17, 15) is 0 Å². The summed E-state index contributed by atoms with van der Waals surface area (Å²) < 4.78 is 0. The summed E-state index contributed by atoms with van der Waals surface area (Å²) in [5, 5.41) is 6.35. The molecule has 0 unspecified atom stereocenters. The number of rotatable bonds is 4. The third-order valence-electron chi connectivity index (χ3n) is 8.99. The molecule has 6 aromatic carbocycles. The van der Waals surface area contributed by atoms with Crippen molar-refractivity contribution >= 4 is 22.1 Å². The molecule has 0 radical (unpaired) electrons. The van der Waals surface area contributed by atoms with Gasteiger partial charge in [0, 0.05) is 16.8 Å². The van der Waals surface area contributed by atoms with E-state index >= 15 is 0 Å². The summed E-state index contributed by atoms with van der Waals surface area (Å²) in [6.07, 6.45) is 0. The largest absolute Gasteiger partial charge is 0.355 e. The highest BCUT2D eigenvalue weighted by Crippen LogP contribution is 2.49. The first kappa shape index (κ1) is 26.3. The third kappa shape index (κ3) is 4.41. The van der Waals surface area contributed by atoms with Crippen molar-refractivity contribution in [3.05, 3.63) is 144 Å². The van der Waals surface area contributed by atoms with E-state index in [1.165, 1.54) is 60.8 Å². The van der Waals surface area contributed by atoms with Crippen molar-refractivity contribution in [3.63, 3.8) is 0 Å². The Labute approximate surface area is 249 Å². The lowest BCUT2D eigenvalue weighted by Gasteiger charge is -2.26. The lowest BCUT2D eigenvalue weighted by molar-refractivity contribution is 0.592. The van der Waals surface area contributed by atoms with Crippen molar-refractivity contribution in [2.75, 3.05) is 5.32 Å². The van der Waals surface area contributed by atoms with Crippen LogP contribution in [-0.2, 0) is 10.8 Å². The normalized spacial score (nSPS) is 13.5. The average Bonchev–Trinajstić information content (AvgIpc) is 3.22. The Morgan fingerprint density at radius 2 is 1.10 bits per heavy atom. The maximum absolute atomic E-state index is 3.82. The molecular formula is C41H37N. The van der Waals surface area contributed by atoms with E-state index in [0.717, 1.165) is 11.4 Å². The van der Waals surface area contributed by atoms with Crippen molar-refractivity contribution in [1.82, 2.24) is 0 Å². The van der Waals surface area contributed by atoms with Crippen molar-refractivity contribution in [1.29, 1.82) is 0 Å². The van der Waals surface area contributed by atoms with Crippen LogP contribution in [0.3, 0.4) is 0 Å². The van der Waals surface area contributed by atoms with Crippen LogP contribution in [0.2, 0.25) is 0 Å². The summed E-state index contributed by atoms with van der Waals surface area (Å²) in [5.41, 5.74) is 14.0.